The summed E-state index contributed by atoms with van der Waals surface area (Å²) in [5.41, 5.74) is -1.31. The summed E-state index contributed by atoms with van der Waals surface area (Å²) in [6.45, 7) is 10.6. The minimum absolute atomic E-state index is 0.122. The Labute approximate surface area is 254 Å². The van der Waals surface area contributed by atoms with Crippen LogP contribution in [0, 0.1) is 11.8 Å². The van der Waals surface area contributed by atoms with Crippen LogP contribution in [0.3, 0.4) is 0 Å². The van der Waals surface area contributed by atoms with E-state index in [1.165, 1.54) is 0 Å². The fourth-order valence-corrected chi connectivity index (χ4v) is 7.34. The molecule has 1 N–H and O–H groups in total. The van der Waals surface area contributed by atoms with Gasteiger partial charge in [0.25, 0.3) is 5.91 Å². The van der Waals surface area contributed by atoms with E-state index in [0.717, 1.165) is 25.7 Å². The van der Waals surface area contributed by atoms with Crippen molar-refractivity contribution < 1.29 is 29.0 Å². The number of carbonyl (C=O) groups is 3. The van der Waals surface area contributed by atoms with Crippen molar-refractivity contribution in [1.29, 1.82) is 0 Å². The molecule has 1 spiro atoms. The summed E-state index contributed by atoms with van der Waals surface area (Å²) < 4.78 is 12.6. The third kappa shape index (κ3) is 6.03. The molecule has 2 bridgehead atoms. The molecule has 5 atom stereocenters. The molecule has 1 aromatic rings. The Morgan fingerprint density at radius 3 is 2.52 bits per heavy atom. The Kier molecular flexibility index (Phi) is 10.9. The average molecular weight is 601 g/mol. The molecule has 0 aliphatic carbocycles. The van der Waals surface area contributed by atoms with Crippen LogP contribution in [0.2, 0.25) is 5.02 Å². The van der Waals surface area contributed by atoms with Crippen molar-refractivity contribution in [2.24, 2.45) is 11.8 Å². The molecule has 1 aromatic carbocycles. The Balaban J connectivity index is 1.68. The van der Waals surface area contributed by atoms with Crippen molar-refractivity contribution >= 4 is 35.1 Å². The molecule has 3 heterocycles. The van der Waals surface area contributed by atoms with E-state index in [4.69, 9.17) is 21.1 Å². The highest BCUT2D eigenvalue weighted by Crippen LogP contribution is 2.64. The van der Waals surface area contributed by atoms with Crippen LogP contribution >= 0.6 is 11.6 Å². The van der Waals surface area contributed by atoms with Crippen LogP contribution in [0.4, 0.5) is 5.69 Å². The highest BCUT2D eigenvalue weighted by molar-refractivity contribution is 6.30. The van der Waals surface area contributed by atoms with Gasteiger partial charge >= 0.3 is 5.97 Å². The summed E-state index contributed by atoms with van der Waals surface area (Å²) in [5, 5.41) is 9.74. The molecule has 3 fully saturated rings. The smallest absolute Gasteiger partial charge is 0.312 e. The van der Waals surface area contributed by atoms with Gasteiger partial charge in [-0.25, -0.2) is 0 Å². The summed E-state index contributed by atoms with van der Waals surface area (Å²) in [6, 6.07) is 6.13. The van der Waals surface area contributed by atoms with Gasteiger partial charge in [0.15, 0.2) is 0 Å². The number of carbonyl (C=O) groups excluding carboxylic acids is 3. The number of likely N-dealkylation sites (tertiary alicyclic amines) is 1. The number of unbranched alkanes of at least 4 members (excludes halogenated alkanes) is 5. The number of esters is 1. The normalized spacial score (nSPS) is 27.6. The lowest BCUT2D eigenvalue weighted by Gasteiger charge is -2.37. The first-order valence-electron chi connectivity index (χ1n) is 15.4. The van der Waals surface area contributed by atoms with Crippen molar-refractivity contribution in [2.45, 2.75) is 88.4 Å². The second-order valence-electron chi connectivity index (χ2n) is 11.7. The van der Waals surface area contributed by atoms with Gasteiger partial charge in [-0.2, -0.15) is 0 Å². The summed E-state index contributed by atoms with van der Waals surface area (Å²) in [7, 11) is 0. The molecule has 3 aliphatic rings. The van der Waals surface area contributed by atoms with Crippen LogP contribution in [0.1, 0.15) is 71.1 Å². The van der Waals surface area contributed by atoms with Gasteiger partial charge < -0.3 is 24.4 Å². The zero-order valence-corrected chi connectivity index (χ0v) is 25.5. The van der Waals surface area contributed by atoms with Crippen molar-refractivity contribution in [1.82, 2.24) is 4.90 Å². The number of aliphatic hydroxyl groups is 1. The fraction of sp³-hybridized carbons (Fsp3) is 0.606. The average Bonchev–Trinajstić information content (AvgIpc) is 3.59. The van der Waals surface area contributed by atoms with Gasteiger partial charge in [-0.15, -0.1) is 13.2 Å². The molecule has 2 amide bonds. The Hall–Kier alpha value is -2.68. The number of hydrogen-bond acceptors (Lipinski definition) is 6. The number of benzene rings is 1. The Morgan fingerprint density at radius 2 is 1.86 bits per heavy atom. The van der Waals surface area contributed by atoms with Gasteiger partial charge in [-0.05, 0) is 75.6 Å². The van der Waals surface area contributed by atoms with Crippen LogP contribution in [-0.4, -0.2) is 71.3 Å². The van der Waals surface area contributed by atoms with E-state index in [2.05, 4.69) is 13.2 Å². The molecular formula is C33H45ClN2O6. The maximum Gasteiger partial charge on any atom is 0.312 e. The number of rotatable bonds is 17. The molecule has 2 unspecified atom stereocenters. The van der Waals surface area contributed by atoms with E-state index in [-0.39, 0.29) is 31.6 Å². The largest absolute Gasteiger partial charge is 0.465 e. The quantitative estimate of drug-likeness (QED) is 0.145. The Bertz CT molecular complexity index is 1140. The number of allylic oxidation sites excluding steroid dienone is 1. The van der Waals surface area contributed by atoms with Gasteiger partial charge in [0.2, 0.25) is 5.91 Å². The SMILES string of the molecule is C=CCCCCOC(=O)[C@@H]1[C@H]2C(=O)N(CCCCCCO)C(C(=O)N(CC=C)c3ccc(Cl)cc3)C23CC[C@@]1(CC)O3. The summed E-state index contributed by atoms with van der Waals surface area (Å²) >= 11 is 6.14. The maximum absolute atomic E-state index is 14.6. The van der Waals surface area contributed by atoms with Gasteiger partial charge in [0.05, 0.1) is 18.1 Å². The minimum Gasteiger partial charge on any atom is -0.465 e. The minimum atomic E-state index is -1.12. The lowest BCUT2D eigenvalue weighted by atomic mass is 9.65. The standard InChI is InChI=1S/C33H45ClN2O6/c1-4-7-8-13-23-41-31(40)27-26-29(38)36(21-11-9-10-12-22-37)28(33(26)19-18-32(27,6-3)42-33)30(39)35(20-5-2)25-16-14-24(34)15-17-25/h4-5,14-17,26-28,37H,1-2,6-13,18-23H2,3H3/t26-,27-,28?,32+,33?/m0/s1. The third-order valence-corrected chi connectivity index (χ3v) is 9.49. The Morgan fingerprint density at radius 1 is 1.12 bits per heavy atom. The van der Waals surface area contributed by atoms with Crippen LogP contribution in [0.5, 0.6) is 0 Å². The fourth-order valence-electron chi connectivity index (χ4n) is 7.22. The van der Waals surface area contributed by atoms with Gasteiger partial charge in [0, 0.05) is 30.4 Å². The molecule has 0 saturated carbocycles. The summed E-state index contributed by atoms with van der Waals surface area (Å²) in [4.78, 5) is 45.9. The van der Waals surface area contributed by atoms with Crippen LogP contribution in [-0.2, 0) is 23.9 Å². The highest BCUT2D eigenvalue weighted by Gasteiger charge is 2.79. The molecular weight excluding hydrogens is 556 g/mol. The number of amides is 2. The van der Waals surface area contributed by atoms with Crippen LogP contribution in [0.25, 0.3) is 0 Å². The third-order valence-electron chi connectivity index (χ3n) is 9.24. The first-order valence-corrected chi connectivity index (χ1v) is 15.7. The number of fused-ring (bicyclic) bond motifs is 1. The number of nitrogens with zero attached hydrogens (tertiary/aromatic N) is 2. The van der Waals surface area contributed by atoms with Crippen molar-refractivity contribution in [2.75, 3.05) is 31.2 Å². The zero-order valence-electron chi connectivity index (χ0n) is 24.8. The first kappa shape index (κ1) is 32.2. The van der Waals surface area contributed by atoms with Gasteiger partial charge in [-0.1, -0.05) is 43.5 Å². The predicted octanol–water partition coefficient (Wildman–Crippen LogP) is 5.47. The van der Waals surface area contributed by atoms with Crippen molar-refractivity contribution in [3.8, 4) is 0 Å². The van der Waals surface area contributed by atoms with Gasteiger partial charge in [-0.3, -0.25) is 14.4 Å². The highest BCUT2D eigenvalue weighted by atomic mass is 35.5. The topological polar surface area (TPSA) is 96.4 Å². The van der Waals surface area contributed by atoms with E-state index < -0.39 is 35.0 Å². The molecule has 8 nitrogen and oxygen atoms in total. The van der Waals surface area contributed by atoms with E-state index in [1.807, 2.05) is 13.0 Å². The summed E-state index contributed by atoms with van der Waals surface area (Å²) in [6.07, 6.45) is 10.6. The van der Waals surface area contributed by atoms with E-state index in [1.54, 1.807) is 40.1 Å². The molecule has 9 heteroatoms. The monoisotopic (exact) mass is 600 g/mol. The second-order valence-corrected chi connectivity index (χ2v) is 12.1. The van der Waals surface area contributed by atoms with E-state index >= 15 is 0 Å². The molecule has 3 saturated heterocycles. The van der Waals surface area contributed by atoms with Gasteiger partial charge in [0.1, 0.15) is 17.6 Å². The molecule has 4 rings (SSSR count). The number of anilines is 1. The number of hydrogen-bond donors (Lipinski definition) is 1. The number of ether oxygens (including phenoxy) is 2. The molecule has 0 radical (unpaired) electrons. The number of aliphatic hydroxyl groups excluding tert-OH is 1. The first-order chi connectivity index (χ1) is 20.3. The maximum atomic E-state index is 14.6. The van der Waals surface area contributed by atoms with E-state index in [0.29, 0.717) is 55.8 Å². The van der Waals surface area contributed by atoms with Crippen molar-refractivity contribution in [3.63, 3.8) is 0 Å². The predicted molar refractivity (Wildman–Crippen MR) is 163 cm³/mol. The molecule has 42 heavy (non-hydrogen) atoms. The zero-order chi connectivity index (χ0) is 30.3. The molecule has 0 aromatic heterocycles. The van der Waals surface area contributed by atoms with E-state index in [9.17, 15) is 19.5 Å². The van der Waals surface area contributed by atoms with Crippen LogP contribution < -0.4 is 4.90 Å². The number of halogens is 1. The lowest BCUT2D eigenvalue weighted by molar-refractivity contribution is -0.161. The molecule has 230 valence electrons. The van der Waals surface area contributed by atoms with Crippen molar-refractivity contribution in [3.05, 3.63) is 54.6 Å². The van der Waals surface area contributed by atoms with Crippen LogP contribution in [0.15, 0.2) is 49.6 Å². The molecule has 3 aliphatic heterocycles. The summed E-state index contributed by atoms with van der Waals surface area (Å²) in [5.74, 6) is -2.43. The lowest BCUT2D eigenvalue weighted by Crippen LogP contribution is -2.56. The second kappa shape index (κ2) is 14.2.